The van der Waals surface area contributed by atoms with Crippen molar-refractivity contribution >= 4 is 11.8 Å². The van der Waals surface area contributed by atoms with Gasteiger partial charge in [-0.1, -0.05) is 0 Å². The highest BCUT2D eigenvalue weighted by Crippen LogP contribution is 2.24. The van der Waals surface area contributed by atoms with Crippen molar-refractivity contribution in [3.05, 3.63) is 29.6 Å². The predicted molar refractivity (Wildman–Crippen MR) is 67.7 cm³/mol. The van der Waals surface area contributed by atoms with Crippen molar-refractivity contribution in [2.24, 2.45) is 5.41 Å². The molecule has 0 bridgehead atoms. The third-order valence-electron chi connectivity index (χ3n) is 2.65. The topological polar surface area (TPSA) is 52.6 Å². The summed E-state index contributed by atoms with van der Waals surface area (Å²) in [5.41, 5.74) is -0.600. The molecule has 0 saturated heterocycles. The largest absolute Gasteiger partial charge is 0.492 e. The van der Waals surface area contributed by atoms with E-state index in [0.717, 1.165) is 6.07 Å². The second kappa shape index (κ2) is 5.82. The quantitative estimate of drug-likeness (QED) is 0.608. The number of Topliss-reactive ketones (excluding diaryl/α,β-unsaturated/α-hetero) is 1. The zero-order valence-corrected chi connectivity index (χ0v) is 11.5. The number of hydrogen-bond acceptors (Lipinski definition) is 4. The summed E-state index contributed by atoms with van der Waals surface area (Å²) < 4.78 is 23.2. The summed E-state index contributed by atoms with van der Waals surface area (Å²) in [5, 5.41) is 0. The molecule has 0 unspecified atom stereocenters. The number of ether oxygens (including phenoxy) is 2. The van der Waals surface area contributed by atoms with Crippen molar-refractivity contribution in [3.63, 3.8) is 0 Å². The molecule has 0 aromatic heterocycles. The van der Waals surface area contributed by atoms with Crippen LogP contribution >= 0.6 is 0 Å². The van der Waals surface area contributed by atoms with E-state index >= 15 is 0 Å². The van der Waals surface area contributed by atoms with Crippen LogP contribution in [0.2, 0.25) is 0 Å². The van der Waals surface area contributed by atoms with Gasteiger partial charge in [-0.25, -0.2) is 4.39 Å². The molecule has 1 aromatic carbocycles. The van der Waals surface area contributed by atoms with Gasteiger partial charge in [0.2, 0.25) is 0 Å². The van der Waals surface area contributed by atoms with Gasteiger partial charge < -0.3 is 9.47 Å². The van der Waals surface area contributed by atoms with Crippen molar-refractivity contribution in [2.75, 3.05) is 13.7 Å². The fraction of sp³-hybridized carbons (Fsp3) is 0.429. The number of ketones is 1. The minimum absolute atomic E-state index is 0.0105. The van der Waals surface area contributed by atoms with Crippen molar-refractivity contribution in [1.29, 1.82) is 0 Å². The maximum absolute atomic E-state index is 13.2. The lowest BCUT2D eigenvalue weighted by atomic mass is 9.95. The molecule has 0 N–H and O–H groups in total. The average molecular weight is 268 g/mol. The number of hydrogen-bond donors (Lipinski definition) is 0. The minimum Gasteiger partial charge on any atom is -0.492 e. The second-order valence-corrected chi connectivity index (χ2v) is 4.86. The average Bonchev–Trinajstić information content (AvgIpc) is 2.35. The van der Waals surface area contributed by atoms with Gasteiger partial charge in [-0.05, 0) is 32.9 Å². The van der Waals surface area contributed by atoms with Crippen LogP contribution in [0.1, 0.15) is 31.1 Å². The van der Waals surface area contributed by atoms with Crippen LogP contribution < -0.4 is 4.74 Å². The smallest absolute Gasteiger partial charge is 0.314 e. The van der Waals surface area contributed by atoms with Crippen LogP contribution in [0, 0.1) is 11.2 Å². The predicted octanol–water partition coefficient (Wildman–Crippen LogP) is 2.61. The minimum atomic E-state index is -0.880. The van der Waals surface area contributed by atoms with Crippen LogP contribution in [-0.4, -0.2) is 25.5 Å². The highest BCUT2D eigenvalue weighted by molar-refractivity contribution is 5.96. The number of methoxy groups -OCH3 is 1. The van der Waals surface area contributed by atoms with E-state index in [0.29, 0.717) is 0 Å². The molecular formula is C14H17FO4. The molecule has 0 aliphatic heterocycles. The van der Waals surface area contributed by atoms with Gasteiger partial charge in [0.25, 0.3) is 0 Å². The molecule has 0 saturated carbocycles. The summed E-state index contributed by atoms with van der Waals surface area (Å²) in [4.78, 5) is 22.9. The molecule has 0 atom stereocenters. The van der Waals surface area contributed by atoms with Crippen LogP contribution in [0.25, 0.3) is 0 Å². The lowest BCUT2D eigenvalue weighted by molar-refractivity contribution is -0.152. The van der Waals surface area contributed by atoms with E-state index < -0.39 is 17.2 Å². The molecule has 0 aliphatic carbocycles. The Morgan fingerprint density at radius 3 is 2.47 bits per heavy atom. The van der Waals surface area contributed by atoms with E-state index in [1.54, 1.807) is 13.8 Å². The van der Waals surface area contributed by atoms with E-state index in [-0.39, 0.29) is 23.7 Å². The van der Waals surface area contributed by atoms with Gasteiger partial charge >= 0.3 is 5.97 Å². The fourth-order valence-electron chi connectivity index (χ4n) is 1.50. The number of halogens is 1. The zero-order valence-electron chi connectivity index (χ0n) is 11.5. The number of rotatable bonds is 5. The maximum atomic E-state index is 13.2. The van der Waals surface area contributed by atoms with Gasteiger partial charge in [-0.15, -0.1) is 0 Å². The first-order valence-electron chi connectivity index (χ1n) is 5.79. The Balaban J connectivity index is 2.91. The molecule has 0 radical (unpaired) electrons. The van der Waals surface area contributed by atoms with E-state index in [9.17, 15) is 14.0 Å². The van der Waals surface area contributed by atoms with Crippen molar-refractivity contribution in [2.45, 2.75) is 20.8 Å². The molecule has 0 spiro atoms. The SMILES string of the molecule is COC(=O)C(C)(C)COc1cc(F)ccc1C(C)=O. The standard InChI is InChI=1S/C14H17FO4/c1-9(16)11-6-5-10(15)7-12(11)19-8-14(2,3)13(17)18-4/h5-7H,8H2,1-4H3. The third-order valence-corrected chi connectivity index (χ3v) is 2.65. The first kappa shape index (κ1) is 15.1. The molecule has 0 heterocycles. The van der Waals surface area contributed by atoms with Crippen LogP contribution in [0.3, 0.4) is 0 Å². The molecule has 104 valence electrons. The summed E-state index contributed by atoms with van der Waals surface area (Å²) >= 11 is 0. The van der Waals surface area contributed by atoms with Crippen molar-refractivity contribution in [1.82, 2.24) is 0 Å². The van der Waals surface area contributed by atoms with Crippen LogP contribution in [-0.2, 0) is 9.53 Å². The Labute approximate surface area is 111 Å². The second-order valence-electron chi connectivity index (χ2n) is 4.86. The lowest BCUT2D eigenvalue weighted by Crippen LogP contribution is -2.32. The summed E-state index contributed by atoms with van der Waals surface area (Å²) in [5.74, 6) is -1.04. The number of carbonyl (C=O) groups is 2. The Morgan fingerprint density at radius 1 is 1.32 bits per heavy atom. The molecule has 5 heteroatoms. The summed E-state index contributed by atoms with van der Waals surface area (Å²) in [6, 6.07) is 3.68. The van der Waals surface area contributed by atoms with Crippen LogP contribution in [0.4, 0.5) is 4.39 Å². The van der Waals surface area contributed by atoms with Crippen molar-refractivity contribution in [3.8, 4) is 5.75 Å². The third kappa shape index (κ3) is 3.77. The molecule has 0 aliphatic rings. The van der Waals surface area contributed by atoms with Crippen molar-refractivity contribution < 1.29 is 23.5 Å². The highest BCUT2D eigenvalue weighted by atomic mass is 19.1. The molecular weight excluding hydrogens is 251 g/mol. The number of carbonyl (C=O) groups excluding carboxylic acids is 2. The Bertz CT molecular complexity index is 494. The van der Waals surface area contributed by atoms with Crippen LogP contribution in [0.5, 0.6) is 5.75 Å². The Morgan fingerprint density at radius 2 is 1.95 bits per heavy atom. The first-order valence-corrected chi connectivity index (χ1v) is 5.79. The number of benzene rings is 1. The molecule has 19 heavy (non-hydrogen) atoms. The van der Waals surface area contributed by atoms with E-state index in [4.69, 9.17) is 4.74 Å². The molecule has 0 fully saturated rings. The van der Waals surface area contributed by atoms with Gasteiger partial charge in [0.1, 0.15) is 18.2 Å². The summed E-state index contributed by atoms with van der Waals surface area (Å²) in [6.45, 7) is 4.64. The Hall–Kier alpha value is -1.91. The summed E-state index contributed by atoms with van der Waals surface area (Å²) in [7, 11) is 1.28. The Kier molecular flexibility index (Phi) is 4.64. The number of esters is 1. The molecule has 1 rings (SSSR count). The molecule has 1 aromatic rings. The zero-order chi connectivity index (χ0) is 14.6. The van der Waals surface area contributed by atoms with E-state index in [1.165, 1.54) is 26.2 Å². The van der Waals surface area contributed by atoms with Gasteiger partial charge in [0.05, 0.1) is 18.1 Å². The van der Waals surface area contributed by atoms with Gasteiger partial charge in [0, 0.05) is 6.07 Å². The van der Waals surface area contributed by atoms with Crippen LogP contribution in [0.15, 0.2) is 18.2 Å². The van der Waals surface area contributed by atoms with Gasteiger partial charge in [0.15, 0.2) is 5.78 Å². The lowest BCUT2D eigenvalue weighted by Gasteiger charge is -2.22. The van der Waals surface area contributed by atoms with E-state index in [1.807, 2.05) is 0 Å². The van der Waals surface area contributed by atoms with Gasteiger partial charge in [-0.3, -0.25) is 9.59 Å². The monoisotopic (exact) mass is 268 g/mol. The molecule has 4 nitrogen and oxygen atoms in total. The molecule has 0 amide bonds. The van der Waals surface area contributed by atoms with Gasteiger partial charge in [-0.2, -0.15) is 0 Å². The summed E-state index contributed by atoms with van der Waals surface area (Å²) in [6.07, 6.45) is 0. The highest BCUT2D eigenvalue weighted by Gasteiger charge is 2.30. The fourth-order valence-corrected chi connectivity index (χ4v) is 1.50. The van der Waals surface area contributed by atoms with E-state index in [2.05, 4.69) is 4.74 Å². The first-order chi connectivity index (χ1) is 8.77. The normalized spacial score (nSPS) is 11.0. The maximum Gasteiger partial charge on any atom is 0.314 e.